The van der Waals surface area contributed by atoms with Crippen LogP contribution in [0.1, 0.15) is 19.4 Å². The summed E-state index contributed by atoms with van der Waals surface area (Å²) in [4.78, 5) is 45.9. The fraction of sp³-hybridized carbons (Fsp3) is 0.278. The van der Waals surface area contributed by atoms with E-state index in [1.54, 1.807) is 19.9 Å². The van der Waals surface area contributed by atoms with Gasteiger partial charge in [-0.3, -0.25) is 10.1 Å². The highest BCUT2D eigenvalue weighted by Crippen LogP contribution is 2.16. The lowest BCUT2D eigenvalue weighted by molar-refractivity contribution is -0.384. The van der Waals surface area contributed by atoms with Crippen LogP contribution in [0.5, 0.6) is 0 Å². The Balaban J connectivity index is 2.07. The van der Waals surface area contributed by atoms with Crippen LogP contribution in [0.25, 0.3) is 6.08 Å². The molecular formula is C18H19N3O7. The van der Waals surface area contributed by atoms with E-state index in [1.165, 1.54) is 24.3 Å². The van der Waals surface area contributed by atoms with E-state index in [-0.39, 0.29) is 30.2 Å². The molecule has 1 atom stereocenters. The highest BCUT2D eigenvalue weighted by atomic mass is 16.6. The predicted octanol–water partition coefficient (Wildman–Crippen LogP) is 1.67. The Morgan fingerprint density at radius 1 is 1.32 bits per heavy atom. The maximum Gasteiger partial charge on any atom is 0.338 e. The van der Waals surface area contributed by atoms with Crippen LogP contribution < -0.4 is 10.6 Å². The molecule has 0 saturated carbocycles. The molecule has 2 rings (SSSR count). The number of nitro benzene ring substituents is 1. The molecule has 2 amide bonds. The Bertz CT molecular complexity index is 860. The molecule has 0 fully saturated rings. The SMILES string of the molecule is CCOC(=O)C1=C(COC(=O)/C=C/c2cccc([N+](=O)[O-])c2)NC(=O)N[C@H]1C. The molecule has 10 nitrogen and oxygen atoms in total. The maximum atomic E-state index is 12.1. The summed E-state index contributed by atoms with van der Waals surface area (Å²) in [6, 6.07) is 4.58. The molecule has 28 heavy (non-hydrogen) atoms. The second-order valence-electron chi connectivity index (χ2n) is 5.73. The summed E-state index contributed by atoms with van der Waals surface area (Å²) in [6.45, 7) is 3.07. The number of nitro groups is 1. The second kappa shape index (κ2) is 9.31. The molecule has 1 aromatic rings. The Labute approximate surface area is 160 Å². The van der Waals surface area contributed by atoms with Gasteiger partial charge in [-0.05, 0) is 25.5 Å². The fourth-order valence-corrected chi connectivity index (χ4v) is 2.49. The Hall–Kier alpha value is -3.69. The molecule has 1 heterocycles. The molecule has 1 aromatic carbocycles. The van der Waals surface area contributed by atoms with Gasteiger partial charge in [0.2, 0.25) is 0 Å². The zero-order valence-corrected chi connectivity index (χ0v) is 15.3. The van der Waals surface area contributed by atoms with Gasteiger partial charge in [0.25, 0.3) is 5.69 Å². The summed E-state index contributed by atoms with van der Waals surface area (Å²) in [7, 11) is 0. The van der Waals surface area contributed by atoms with Gasteiger partial charge in [-0.1, -0.05) is 12.1 Å². The van der Waals surface area contributed by atoms with Crippen molar-refractivity contribution < 1.29 is 28.8 Å². The number of carbonyl (C=O) groups excluding carboxylic acids is 3. The monoisotopic (exact) mass is 389 g/mol. The van der Waals surface area contributed by atoms with Crippen LogP contribution in [-0.4, -0.2) is 42.1 Å². The predicted molar refractivity (Wildman–Crippen MR) is 97.9 cm³/mol. The number of urea groups is 1. The minimum atomic E-state index is -0.748. The minimum absolute atomic E-state index is 0.105. The van der Waals surface area contributed by atoms with Crippen molar-refractivity contribution in [2.75, 3.05) is 13.2 Å². The van der Waals surface area contributed by atoms with Crippen molar-refractivity contribution in [2.45, 2.75) is 19.9 Å². The molecule has 0 aliphatic carbocycles. The van der Waals surface area contributed by atoms with Gasteiger partial charge in [-0.2, -0.15) is 0 Å². The van der Waals surface area contributed by atoms with E-state index in [4.69, 9.17) is 9.47 Å². The van der Waals surface area contributed by atoms with Crippen molar-refractivity contribution in [1.29, 1.82) is 0 Å². The Kier molecular flexibility index (Phi) is 6.85. The zero-order valence-electron chi connectivity index (χ0n) is 15.3. The molecule has 1 aliphatic rings. The molecule has 0 radical (unpaired) electrons. The van der Waals surface area contributed by atoms with Gasteiger partial charge in [0, 0.05) is 18.2 Å². The molecule has 0 bridgehead atoms. The lowest BCUT2D eigenvalue weighted by Gasteiger charge is -2.26. The molecule has 148 valence electrons. The van der Waals surface area contributed by atoms with Crippen LogP contribution in [0.3, 0.4) is 0 Å². The van der Waals surface area contributed by atoms with Crippen LogP contribution >= 0.6 is 0 Å². The number of benzene rings is 1. The van der Waals surface area contributed by atoms with Crippen molar-refractivity contribution in [2.24, 2.45) is 0 Å². The lowest BCUT2D eigenvalue weighted by Crippen LogP contribution is -2.50. The number of nitrogens with one attached hydrogen (secondary N) is 2. The van der Waals surface area contributed by atoms with Crippen molar-refractivity contribution in [3.8, 4) is 0 Å². The Morgan fingerprint density at radius 2 is 2.07 bits per heavy atom. The molecular weight excluding hydrogens is 370 g/mol. The third-order valence-electron chi connectivity index (χ3n) is 3.72. The van der Waals surface area contributed by atoms with Crippen LogP contribution in [-0.2, 0) is 19.1 Å². The molecule has 0 spiro atoms. The summed E-state index contributed by atoms with van der Waals surface area (Å²) >= 11 is 0. The average Bonchev–Trinajstić information content (AvgIpc) is 2.64. The first kappa shape index (κ1) is 20.6. The van der Waals surface area contributed by atoms with Crippen molar-refractivity contribution >= 4 is 29.7 Å². The van der Waals surface area contributed by atoms with Crippen LogP contribution in [0.2, 0.25) is 0 Å². The normalized spacial score (nSPS) is 16.4. The number of rotatable bonds is 7. The first-order valence-corrected chi connectivity index (χ1v) is 8.38. The lowest BCUT2D eigenvalue weighted by atomic mass is 10.0. The van der Waals surface area contributed by atoms with Crippen LogP contribution in [0.15, 0.2) is 41.6 Å². The molecule has 10 heteroatoms. The summed E-state index contributed by atoms with van der Waals surface area (Å²) in [5, 5.41) is 15.7. The molecule has 0 aromatic heterocycles. The molecule has 1 aliphatic heterocycles. The number of nitrogens with zero attached hydrogens (tertiary/aromatic N) is 1. The van der Waals surface area contributed by atoms with Gasteiger partial charge in [0.15, 0.2) is 0 Å². The first-order chi connectivity index (χ1) is 13.3. The van der Waals surface area contributed by atoms with Gasteiger partial charge in [-0.15, -0.1) is 0 Å². The van der Waals surface area contributed by atoms with E-state index in [1.807, 2.05) is 0 Å². The smallest absolute Gasteiger partial charge is 0.338 e. The van der Waals surface area contributed by atoms with Gasteiger partial charge >= 0.3 is 18.0 Å². The van der Waals surface area contributed by atoms with E-state index in [0.717, 1.165) is 6.08 Å². The van der Waals surface area contributed by atoms with Crippen LogP contribution in [0, 0.1) is 10.1 Å². The van der Waals surface area contributed by atoms with E-state index in [0.29, 0.717) is 5.56 Å². The number of amides is 2. The quantitative estimate of drug-likeness (QED) is 0.313. The van der Waals surface area contributed by atoms with Crippen molar-refractivity contribution in [3.05, 3.63) is 57.3 Å². The van der Waals surface area contributed by atoms with Crippen LogP contribution in [0.4, 0.5) is 10.5 Å². The summed E-state index contributed by atoms with van der Waals surface area (Å²) in [5.74, 6) is -1.37. The van der Waals surface area contributed by atoms with E-state index >= 15 is 0 Å². The Morgan fingerprint density at radius 3 is 2.75 bits per heavy atom. The fourth-order valence-electron chi connectivity index (χ4n) is 2.49. The molecule has 2 N–H and O–H groups in total. The number of hydrogen-bond donors (Lipinski definition) is 2. The highest BCUT2D eigenvalue weighted by Gasteiger charge is 2.30. The maximum absolute atomic E-state index is 12.1. The molecule has 0 saturated heterocycles. The summed E-state index contributed by atoms with van der Waals surface area (Å²) < 4.78 is 10.0. The number of non-ortho nitro benzene ring substituents is 1. The number of esters is 2. The third-order valence-corrected chi connectivity index (χ3v) is 3.72. The highest BCUT2D eigenvalue weighted by molar-refractivity contribution is 5.95. The van der Waals surface area contributed by atoms with E-state index in [2.05, 4.69) is 10.6 Å². The topological polar surface area (TPSA) is 137 Å². The van der Waals surface area contributed by atoms with Gasteiger partial charge in [-0.25, -0.2) is 14.4 Å². The second-order valence-corrected chi connectivity index (χ2v) is 5.73. The van der Waals surface area contributed by atoms with Crippen molar-refractivity contribution in [3.63, 3.8) is 0 Å². The molecule has 0 unspecified atom stereocenters. The first-order valence-electron chi connectivity index (χ1n) is 8.38. The summed E-state index contributed by atoms with van der Waals surface area (Å²) in [5.41, 5.74) is 0.635. The number of hydrogen-bond acceptors (Lipinski definition) is 7. The average molecular weight is 389 g/mol. The number of ether oxygens (including phenoxy) is 2. The minimum Gasteiger partial charge on any atom is -0.463 e. The van der Waals surface area contributed by atoms with E-state index in [9.17, 15) is 24.5 Å². The van der Waals surface area contributed by atoms with Gasteiger partial charge < -0.3 is 20.1 Å². The largest absolute Gasteiger partial charge is 0.463 e. The number of carbonyl (C=O) groups is 3. The zero-order chi connectivity index (χ0) is 20.7. The van der Waals surface area contributed by atoms with Gasteiger partial charge in [0.1, 0.15) is 6.61 Å². The van der Waals surface area contributed by atoms with E-state index < -0.39 is 28.9 Å². The third kappa shape index (κ3) is 5.40. The van der Waals surface area contributed by atoms with Gasteiger partial charge in [0.05, 0.1) is 28.8 Å². The standard InChI is InChI=1S/C18H19N3O7/c1-3-27-17(23)16-11(2)19-18(24)20-14(16)10-28-15(22)8-7-12-5-4-6-13(9-12)21(25)26/h4-9,11H,3,10H2,1-2H3,(H2,19,20,24)/b8-7+/t11-/m0/s1. The van der Waals surface area contributed by atoms with Crippen molar-refractivity contribution in [1.82, 2.24) is 10.6 Å². The summed E-state index contributed by atoms with van der Waals surface area (Å²) in [6.07, 6.45) is 2.45.